The van der Waals surface area contributed by atoms with Crippen LogP contribution in [0.15, 0.2) is 17.0 Å². The third-order valence-electron chi connectivity index (χ3n) is 2.61. The van der Waals surface area contributed by atoms with E-state index in [1.807, 2.05) is 17.3 Å². The van der Waals surface area contributed by atoms with Crippen molar-refractivity contribution < 1.29 is 0 Å². The van der Waals surface area contributed by atoms with Crippen molar-refractivity contribution in [2.75, 3.05) is 32.7 Å². The maximum atomic E-state index is 5.58. The second kappa shape index (κ2) is 4.48. The molecule has 0 radical (unpaired) electrons. The molecule has 0 spiro atoms. The molecule has 82 valence electrons. The lowest BCUT2D eigenvalue weighted by molar-refractivity contribution is 0.212. The summed E-state index contributed by atoms with van der Waals surface area (Å²) in [5.41, 5.74) is 5.58. The van der Waals surface area contributed by atoms with Crippen molar-refractivity contribution in [2.24, 2.45) is 10.7 Å². The molecule has 0 aromatic rings. The van der Waals surface area contributed by atoms with Crippen LogP contribution in [-0.4, -0.2) is 53.9 Å². The first kappa shape index (κ1) is 10.2. The standard InChI is InChI=1S/C9H15N5S/c10-9(15)14-5-3-13(4-6-14)8-7-11-1-2-12-8/h1,7,12H,2-6H2,(H2,10,15). The summed E-state index contributed by atoms with van der Waals surface area (Å²) in [6, 6.07) is 0. The molecule has 0 aromatic heterocycles. The van der Waals surface area contributed by atoms with Crippen molar-refractivity contribution in [3.8, 4) is 0 Å². The number of hydrogen-bond donors (Lipinski definition) is 2. The Morgan fingerprint density at radius 3 is 2.67 bits per heavy atom. The van der Waals surface area contributed by atoms with Gasteiger partial charge in [0.05, 0.1) is 12.7 Å². The Morgan fingerprint density at radius 1 is 1.40 bits per heavy atom. The number of thiocarbonyl (C=S) groups is 1. The summed E-state index contributed by atoms with van der Waals surface area (Å²) in [5.74, 6) is 1.10. The molecule has 0 saturated carbocycles. The Kier molecular flexibility index (Phi) is 3.05. The molecule has 0 amide bonds. The maximum Gasteiger partial charge on any atom is 0.166 e. The van der Waals surface area contributed by atoms with Crippen molar-refractivity contribution in [1.82, 2.24) is 15.1 Å². The third kappa shape index (κ3) is 2.38. The second-order valence-electron chi connectivity index (χ2n) is 3.54. The molecular formula is C9H15N5S. The minimum Gasteiger partial charge on any atom is -0.376 e. The van der Waals surface area contributed by atoms with Crippen molar-refractivity contribution in [3.05, 3.63) is 12.0 Å². The highest BCUT2D eigenvalue weighted by atomic mass is 32.1. The van der Waals surface area contributed by atoms with E-state index in [9.17, 15) is 0 Å². The van der Waals surface area contributed by atoms with Gasteiger partial charge in [-0.25, -0.2) is 0 Å². The molecule has 6 heteroatoms. The summed E-state index contributed by atoms with van der Waals surface area (Å²) in [6.07, 6.45) is 3.72. The topological polar surface area (TPSA) is 56.9 Å². The minimum atomic E-state index is 0.498. The van der Waals surface area contributed by atoms with Crippen LogP contribution < -0.4 is 11.1 Å². The van der Waals surface area contributed by atoms with Crippen molar-refractivity contribution in [1.29, 1.82) is 0 Å². The van der Waals surface area contributed by atoms with Gasteiger partial charge in [-0.05, 0) is 12.2 Å². The number of hydrogen-bond acceptors (Lipinski definition) is 4. The van der Waals surface area contributed by atoms with E-state index < -0.39 is 0 Å². The Labute approximate surface area is 94.6 Å². The molecule has 5 nitrogen and oxygen atoms in total. The van der Waals surface area contributed by atoms with Gasteiger partial charge >= 0.3 is 0 Å². The van der Waals surface area contributed by atoms with E-state index in [4.69, 9.17) is 18.0 Å². The summed E-state index contributed by atoms with van der Waals surface area (Å²) in [7, 11) is 0. The van der Waals surface area contributed by atoms with Crippen molar-refractivity contribution >= 4 is 23.5 Å². The van der Waals surface area contributed by atoms with Crippen LogP contribution >= 0.6 is 12.2 Å². The summed E-state index contributed by atoms with van der Waals surface area (Å²) in [5, 5.41) is 3.79. The molecule has 0 aromatic carbocycles. The Hall–Kier alpha value is -1.30. The molecule has 0 bridgehead atoms. The molecule has 1 fully saturated rings. The first-order chi connectivity index (χ1) is 7.27. The average molecular weight is 225 g/mol. The van der Waals surface area contributed by atoms with Crippen LogP contribution in [0.4, 0.5) is 0 Å². The molecule has 0 aliphatic carbocycles. The van der Waals surface area contributed by atoms with E-state index in [1.165, 1.54) is 0 Å². The van der Waals surface area contributed by atoms with Gasteiger partial charge in [0.25, 0.3) is 0 Å². The molecule has 2 aliphatic heterocycles. The first-order valence-corrected chi connectivity index (χ1v) is 5.43. The monoisotopic (exact) mass is 225 g/mol. The Balaban J connectivity index is 1.90. The summed E-state index contributed by atoms with van der Waals surface area (Å²) >= 11 is 4.94. The maximum absolute atomic E-state index is 5.58. The number of nitrogens with two attached hydrogens (primary N) is 1. The van der Waals surface area contributed by atoms with Crippen LogP contribution in [0.5, 0.6) is 0 Å². The normalized spacial score (nSPS) is 20.9. The predicted molar refractivity (Wildman–Crippen MR) is 64.5 cm³/mol. The smallest absolute Gasteiger partial charge is 0.166 e. The van der Waals surface area contributed by atoms with Gasteiger partial charge in [-0.1, -0.05) is 0 Å². The zero-order chi connectivity index (χ0) is 10.7. The Bertz CT molecular complexity index is 304. The zero-order valence-corrected chi connectivity index (χ0v) is 9.33. The van der Waals surface area contributed by atoms with Crippen LogP contribution in [0.1, 0.15) is 0 Å². The van der Waals surface area contributed by atoms with Gasteiger partial charge in [-0.15, -0.1) is 0 Å². The van der Waals surface area contributed by atoms with Gasteiger partial charge in [-0.3, -0.25) is 4.99 Å². The van der Waals surface area contributed by atoms with Crippen LogP contribution in [0.2, 0.25) is 0 Å². The molecule has 15 heavy (non-hydrogen) atoms. The lowest BCUT2D eigenvalue weighted by atomic mass is 10.3. The van der Waals surface area contributed by atoms with Gasteiger partial charge in [0, 0.05) is 32.4 Å². The molecule has 2 aliphatic rings. The average Bonchev–Trinajstić information content (AvgIpc) is 2.30. The highest BCUT2D eigenvalue weighted by Crippen LogP contribution is 2.08. The van der Waals surface area contributed by atoms with Crippen LogP contribution in [0, 0.1) is 0 Å². The second-order valence-corrected chi connectivity index (χ2v) is 3.96. The number of piperazine rings is 1. The van der Waals surface area contributed by atoms with E-state index in [2.05, 4.69) is 15.2 Å². The highest BCUT2D eigenvalue weighted by Gasteiger charge is 2.19. The molecule has 0 atom stereocenters. The largest absolute Gasteiger partial charge is 0.376 e. The summed E-state index contributed by atoms with van der Waals surface area (Å²) < 4.78 is 0. The fraction of sp³-hybridized carbons (Fsp3) is 0.556. The highest BCUT2D eigenvalue weighted by molar-refractivity contribution is 7.80. The number of nitrogens with one attached hydrogen (secondary N) is 1. The van der Waals surface area contributed by atoms with Gasteiger partial charge < -0.3 is 20.9 Å². The van der Waals surface area contributed by atoms with Crippen molar-refractivity contribution in [3.63, 3.8) is 0 Å². The van der Waals surface area contributed by atoms with Crippen LogP contribution in [0.25, 0.3) is 0 Å². The summed E-state index contributed by atoms with van der Waals surface area (Å²) in [4.78, 5) is 8.43. The SMILES string of the molecule is NC(=S)N1CCN(C2=CN=CCN2)CC1. The Morgan fingerprint density at radius 2 is 2.13 bits per heavy atom. The molecular weight excluding hydrogens is 210 g/mol. The quantitative estimate of drug-likeness (QED) is 0.579. The van der Waals surface area contributed by atoms with Gasteiger partial charge in [0.15, 0.2) is 5.11 Å². The molecule has 2 rings (SSSR count). The first-order valence-electron chi connectivity index (χ1n) is 5.02. The lowest BCUT2D eigenvalue weighted by Gasteiger charge is -2.37. The lowest BCUT2D eigenvalue weighted by Crippen LogP contribution is -2.51. The van der Waals surface area contributed by atoms with Crippen molar-refractivity contribution in [2.45, 2.75) is 0 Å². The fourth-order valence-electron chi connectivity index (χ4n) is 1.73. The van der Waals surface area contributed by atoms with Crippen LogP contribution in [0.3, 0.4) is 0 Å². The van der Waals surface area contributed by atoms with Crippen LogP contribution in [-0.2, 0) is 0 Å². The van der Waals surface area contributed by atoms with E-state index in [0.29, 0.717) is 5.11 Å². The number of nitrogens with zero attached hydrogens (tertiary/aromatic N) is 3. The van der Waals surface area contributed by atoms with Gasteiger partial charge in [0.2, 0.25) is 0 Å². The molecule has 0 unspecified atom stereocenters. The molecule has 2 heterocycles. The molecule has 1 saturated heterocycles. The third-order valence-corrected chi connectivity index (χ3v) is 2.87. The van der Waals surface area contributed by atoms with E-state index in [-0.39, 0.29) is 0 Å². The number of rotatable bonds is 1. The fourth-order valence-corrected chi connectivity index (χ4v) is 1.92. The molecule has 3 N–H and O–H groups in total. The van der Waals surface area contributed by atoms with E-state index in [1.54, 1.807) is 0 Å². The zero-order valence-electron chi connectivity index (χ0n) is 8.52. The minimum absolute atomic E-state index is 0.498. The summed E-state index contributed by atoms with van der Waals surface area (Å²) in [6.45, 7) is 4.45. The number of aliphatic imine (C=N–C) groups is 1. The van der Waals surface area contributed by atoms with Gasteiger partial charge in [-0.2, -0.15) is 0 Å². The predicted octanol–water partition coefficient (Wildman–Crippen LogP) is -0.679. The van der Waals surface area contributed by atoms with E-state index >= 15 is 0 Å². The van der Waals surface area contributed by atoms with Gasteiger partial charge in [0.1, 0.15) is 5.82 Å². The van der Waals surface area contributed by atoms with E-state index in [0.717, 1.165) is 38.5 Å².